The molecule has 0 aliphatic rings. The first-order valence-electron chi connectivity index (χ1n) is 5.99. The first-order chi connectivity index (χ1) is 9.58. The number of benzene rings is 2. The predicted molar refractivity (Wildman–Crippen MR) is 83.4 cm³/mol. The van der Waals surface area contributed by atoms with Crippen LogP contribution in [0.5, 0.6) is 5.75 Å². The van der Waals surface area contributed by atoms with Crippen molar-refractivity contribution in [1.82, 2.24) is 4.98 Å². The maximum atomic E-state index is 6.14. The van der Waals surface area contributed by atoms with Crippen molar-refractivity contribution < 1.29 is 9.15 Å². The second-order valence-electron chi connectivity index (χ2n) is 4.44. The highest BCUT2D eigenvalue weighted by molar-refractivity contribution is 9.10. The van der Waals surface area contributed by atoms with Gasteiger partial charge in [-0.25, -0.2) is 4.98 Å². The van der Waals surface area contributed by atoms with Gasteiger partial charge >= 0.3 is 0 Å². The molecule has 3 nitrogen and oxygen atoms in total. The van der Waals surface area contributed by atoms with Gasteiger partial charge < -0.3 is 9.15 Å². The van der Waals surface area contributed by atoms with Crippen LogP contribution in [-0.2, 0) is 0 Å². The molecule has 0 atom stereocenters. The quantitative estimate of drug-likeness (QED) is 0.633. The van der Waals surface area contributed by atoms with Crippen molar-refractivity contribution in [2.45, 2.75) is 6.92 Å². The predicted octanol–water partition coefficient (Wildman–Crippen LogP) is 5.23. The van der Waals surface area contributed by atoms with Crippen molar-refractivity contribution in [2.24, 2.45) is 0 Å². The molecule has 102 valence electrons. The third-order valence-corrected chi connectivity index (χ3v) is 4.07. The van der Waals surface area contributed by atoms with Crippen molar-refractivity contribution in [3.05, 3.63) is 45.4 Å². The standard InChI is InChI=1S/C15H11BrClNO2/c1-8-3-4-9(5-12(8)17)15-18-13-7-10(19-2)6-11(16)14(13)20-15/h3-7H,1-2H3. The SMILES string of the molecule is COc1cc(Br)c2oc(-c3ccc(C)c(Cl)c3)nc2c1. The van der Waals surface area contributed by atoms with Crippen molar-refractivity contribution in [3.63, 3.8) is 0 Å². The van der Waals surface area contributed by atoms with Crippen LogP contribution in [0, 0.1) is 6.92 Å². The number of oxazole rings is 1. The highest BCUT2D eigenvalue weighted by Gasteiger charge is 2.13. The Balaban J connectivity index is 2.17. The van der Waals surface area contributed by atoms with Crippen LogP contribution >= 0.6 is 27.5 Å². The molecular formula is C15H11BrClNO2. The van der Waals surface area contributed by atoms with Crippen molar-refractivity contribution >= 4 is 38.6 Å². The van der Waals surface area contributed by atoms with Gasteiger partial charge in [0.1, 0.15) is 11.3 Å². The van der Waals surface area contributed by atoms with Crippen LogP contribution in [0.15, 0.2) is 39.2 Å². The second kappa shape index (κ2) is 5.11. The lowest BCUT2D eigenvalue weighted by atomic mass is 10.1. The van der Waals surface area contributed by atoms with Crippen LogP contribution < -0.4 is 4.74 Å². The highest BCUT2D eigenvalue weighted by atomic mass is 79.9. The van der Waals surface area contributed by atoms with E-state index in [1.807, 2.05) is 37.3 Å². The van der Waals surface area contributed by atoms with Crippen LogP contribution in [0.1, 0.15) is 5.56 Å². The average Bonchev–Trinajstić information content (AvgIpc) is 2.86. The zero-order valence-electron chi connectivity index (χ0n) is 10.9. The summed E-state index contributed by atoms with van der Waals surface area (Å²) in [7, 11) is 1.62. The molecule has 1 heterocycles. The number of aromatic nitrogens is 1. The molecule has 0 aliphatic heterocycles. The van der Waals surface area contributed by atoms with Crippen LogP contribution in [0.3, 0.4) is 0 Å². The zero-order chi connectivity index (χ0) is 14.3. The Bertz CT molecular complexity index is 798. The van der Waals surface area contributed by atoms with Crippen molar-refractivity contribution in [1.29, 1.82) is 0 Å². The van der Waals surface area contributed by atoms with Crippen LogP contribution in [0.2, 0.25) is 5.02 Å². The number of hydrogen-bond acceptors (Lipinski definition) is 3. The number of ether oxygens (including phenoxy) is 1. The molecule has 3 rings (SSSR count). The third kappa shape index (κ3) is 2.30. The molecule has 0 unspecified atom stereocenters. The van der Waals surface area contributed by atoms with E-state index in [4.69, 9.17) is 20.8 Å². The normalized spacial score (nSPS) is 11.0. The fraction of sp³-hybridized carbons (Fsp3) is 0.133. The summed E-state index contributed by atoms with van der Waals surface area (Å²) >= 11 is 9.60. The Morgan fingerprint density at radius 3 is 2.75 bits per heavy atom. The molecule has 0 aliphatic carbocycles. The first-order valence-corrected chi connectivity index (χ1v) is 7.16. The molecule has 0 N–H and O–H groups in total. The van der Waals surface area contributed by atoms with Gasteiger partial charge in [-0.2, -0.15) is 0 Å². The minimum atomic E-state index is 0.538. The Morgan fingerprint density at radius 1 is 1.25 bits per heavy atom. The molecule has 0 amide bonds. The number of fused-ring (bicyclic) bond motifs is 1. The van der Waals surface area contributed by atoms with Gasteiger partial charge in [-0.05, 0) is 46.6 Å². The van der Waals surface area contributed by atoms with E-state index in [1.54, 1.807) is 7.11 Å². The van der Waals surface area contributed by atoms with E-state index >= 15 is 0 Å². The Kier molecular flexibility index (Phi) is 3.44. The number of nitrogens with zero attached hydrogens (tertiary/aromatic N) is 1. The van der Waals surface area contributed by atoms with Gasteiger partial charge in [0.25, 0.3) is 0 Å². The molecule has 0 fully saturated rings. The van der Waals surface area contributed by atoms with Crippen LogP contribution in [-0.4, -0.2) is 12.1 Å². The largest absolute Gasteiger partial charge is 0.497 e. The summed E-state index contributed by atoms with van der Waals surface area (Å²) in [5, 5.41) is 0.696. The molecule has 2 aromatic carbocycles. The Labute approximate surface area is 129 Å². The van der Waals surface area contributed by atoms with E-state index in [-0.39, 0.29) is 0 Å². The van der Waals surface area contributed by atoms with Gasteiger partial charge in [0, 0.05) is 16.7 Å². The number of methoxy groups -OCH3 is 1. The summed E-state index contributed by atoms with van der Waals surface area (Å²) < 4.78 is 11.8. The molecule has 5 heteroatoms. The number of rotatable bonds is 2. The van der Waals surface area contributed by atoms with Gasteiger partial charge in [0.15, 0.2) is 5.58 Å². The number of hydrogen-bond donors (Lipinski definition) is 0. The summed E-state index contributed by atoms with van der Waals surface area (Å²) in [4.78, 5) is 4.49. The monoisotopic (exact) mass is 351 g/mol. The lowest BCUT2D eigenvalue weighted by Crippen LogP contribution is -1.82. The van der Waals surface area contributed by atoms with E-state index in [1.165, 1.54) is 0 Å². The molecule has 0 radical (unpaired) electrons. The molecule has 20 heavy (non-hydrogen) atoms. The second-order valence-corrected chi connectivity index (χ2v) is 5.70. The molecule has 0 spiro atoms. The summed E-state index contributed by atoms with van der Waals surface area (Å²) in [6, 6.07) is 9.42. The third-order valence-electron chi connectivity index (χ3n) is 3.07. The van der Waals surface area contributed by atoms with E-state index in [9.17, 15) is 0 Å². The fourth-order valence-corrected chi connectivity index (χ4v) is 2.63. The summed E-state index contributed by atoms with van der Waals surface area (Å²) in [6.45, 7) is 1.96. The van der Waals surface area contributed by atoms with E-state index in [2.05, 4.69) is 20.9 Å². The zero-order valence-corrected chi connectivity index (χ0v) is 13.2. The topological polar surface area (TPSA) is 35.3 Å². The molecule has 0 bridgehead atoms. The first kappa shape index (κ1) is 13.5. The van der Waals surface area contributed by atoms with Crippen molar-refractivity contribution in [2.75, 3.05) is 7.11 Å². The summed E-state index contributed by atoms with van der Waals surface area (Å²) in [5.74, 6) is 1.27. The van der Waals surface area contributed by atoms with E-state index in [0.717, 1.165) is 26.9 Å². The van der Waals surface area contributed by atoms with Crippen LogP contribution in [0.25, 0.3) is 22.6 Å². The van der Waals surface area contributed by atoms with E-state index < -0.39 is 0 Å². The van der Waals surface area contributed by atoms with Gasteiger partial charge in [-0.1, -0.05) is 17.7 Å². The molecular weight excluding hydrogens is 342 g/mol. The van der Waals surface area contributed by atoms with Gasteiger partial charge in [0.05, 0.1) is 11.6 Å². The van der Waals surface area contributed by atoms with Gasteiger partial charge in [0.2, 0.25) is 5.89 Å². The Morgan fingerprint density at radius 2 is 2.05 bits per heavy atom. The lowest BCUT2D eigenvalue weighted by Gasteiger charge is -1.99. The number of halogens is 2. The minimum absolute atomic E-state index is 0.538. The maximum Gasteiger partial charge on any atom is 0.227 e. The molecule has 0 saturated heterocycles. The van der Waals surface area contributed by atoms with E-state index in [0.29, 0.717) is 16.5 Å². The lowest BCUT2D eigenvalue weighted by molar-refractivity contribution is 0.415. The smallest absolute Gasteiger partial charge is 0.227 e. The van der Waals surface area contributed by atoms with Gasteiger partial charge in [-0.3, -0.25) is 0 Å². The van der Waals surface area contributed by atoms with Crippen LogP contribution in [0.4, 0.5) is 0 Å². The highest BCUT2D eigenvalue weighted by Crippen LogP contribution is 2.33. The number of aryl methyl sites for hydroxylation is 1. The Hall–Kier alpha value is -1.52. The van der Waals surface area contributed by atoms with Crippen molar-refractivity contribution in [3.8, 4) is 17.2 Å². The summed E-state index contributed by atoms with van der Waals surface area (Å²) in [6.07, 6.45) is 0. The minimum Gasteiger partial charge on any atom is -0.497 e. The average molecular weight is 353 g/mol. The molecule has 0 saturated carbocycles. The summed E-state index contributed by atoms with van der Waals surface area (Å²) in [5.41, 5.74) is 3.30. The molecule has 1 aromatic heterocycles. The maximum absolute atomic E-state index is 6.14. The molecule has 3 aromatic rings. The fourth-order valence-electron chi connectivity index (χ4n) is 1.93. The van der Waals surface area contributed by atoms with Gasteiger partial charge in [-0.15, -0.1) is 0 Å².